The number of ether oxygens (including phenoxy) is 2. The molecule has 5 heteroatoms. The Morgan fingerprint density at radius 3 is 2.32 bits per heavy atom. The second-order valence-electron chi connectivity index (χ2n) is 7.75. The number of nitrogens with zero attached hydrogens (tertiary/aromatic N) is 1. The van der Waals surface area contributed by atoms with Crippen LogP contribution in [-0.2, 0) is 0 Å². The summed E-state index contributed by atoms with van der Waals surface area (Å²) in [6.07, 6.45) is 1.99. The van der Waals surface area contributed by atoms with Crippen molar-refractivity contribution in [2.24, 2.45) is 0 Å². The van der Waals surface area contributed by atoms with Crippen LogP contribution in [0, 0.1) is 0 Å². The third-order valence-electron chi connectivity index (χ3n) is 5.70. The molecule has 0 aromatic heterocycles. The number of amides is 1. The first kappa shape index (κ1) is 20.8. The van der Waals surface area contributed by atoms with Gasteiger partial charge in [-0.3, -0.25) is 4.79 Å². The Morgan fingerprint density at radius 2 is 1.61 bits per heavy atom. The van der Waals surface area contributed by atoms with Gasteiger partial charge in [0.15, 0.2) is 11.5 Å². The highest BCUT2D eigenvalue weighted by atomic mass is 16.5. The van der Waals surface area contributed by atoms with E-state index in [9.17, 15) is 4.79 Å². The fourth-order valence-corrected chi connectivity index (χ4v) is 4.06. The summed E-state index contributed by atoms with van der Waals surface area (Å²) < 4.78 is 10.7. The molecule has 1 atom stereocenters. The molecule has 1 aliphatic heterocycles. The second-order valence-corrected chi connectivity index (χ2v) is 7.75. The molecule has 160 valence electrons. The molecule has 1 aliphatic rings. The van der Waals surface area contributed by atoms with Gasteiger partial charge in [-0.2, -0.15) is 0 Å². The minimum atomic E-state index is 0.0819. The van der Waals surface area contributed by atoms with Crippen LogP contribution >= 0.6 is 0 Å². The average Bonchev–Trinajstić information content (AvgIpc) is 2.84. The topological polar surface area (TPSA) is 50.8 Å². The number of carbonyl (C=O) groups is 1. The Labute approximate surface area is 183 Å². The normalized spacial score (nSPS) is 15.9. The lowest BCUT2D eigenvalue weighted by atomic mass is 10.0. The molecule has 4 rings (SSSR count). The summed E-state index contributed by atoms with van der Waals surface area (Å²) in [5.74, 6) is 1.47. The molecule has 0 saturated carbocycles. The van der Waals surface area contributed by atoms with E-state index in [2.05, 4.69) is 17.4 Å². The van der Waals surface area contributed by atoms with E-state index < -0.39 is 0 Å². The molecule has 3 aromatic carbocycles. The van der Waals surface area contributed by atoms with Crippen LogP contribution < -0.4 is 14.8 Å². The minimum Gasteiger partial charge on any atom is -0.493 e. The molecule has 1 amide bonds. The smallest absolute Gasteiger partial charge is 0.253 e. The molecule has 5 nitrogen and oxygen atoms in total. The van der Waals surface area contributed by atoms with Gasteiger partial charge in [-0.05, 0) is 48.2 Å². The average molecular weight is 417 g/mol. The molecule has 0 spiro atoms. The number of hydrogen-bond donors (Lipinski definition) is 1. The highest BCUT2D eigenvalue weighted by Gasteiger charge is 2.24. The Kier molecular flexibility index (Phi) is 6.41. The molecule has 1 heterocycles. The van der Waals surface area contributed by atoms with Gasteiger partial charge in [-0.25, -0.2) is 0 Å². The predicted molar refractivity (Wildman–Crippen MR) is 124 cm³/mol. The van der Waals surface area contributed by atoms with E-state index in [0.29, 0.717) is 18.0 Å². The highest BCUT2D eigenvalue weighted by Crippen LogP contribution is 2.30. The third kappa shape index (κ3) is 4.82. The van der Waals surface area contributed by atoms with Gasteiger partial charge < -0.3 is 19.7 Å². The molecule has 3 aromatic rings. The highest BCUT2D eigenvalue weighted by molar-refractivity contribution is 5.94. The summed E-state index contributed by atoms with van der Waals surface area (Å²) in [6.45, 7) is 1.46. The van der Waals surface area contributed by atoms with Crippen molar-refractivity contribution in [1.82, 2.24) is 4.90 Å². The van der Waals surface area contributed by atoms with Crippen molar-refractivity contribution in [2.75, 3.05) is 32.6 Å². The number of rotatable bonds is 6. The maximum Gasteiger partial charge on any atom is 0.253 e. The summed E-state index contributed by atoms with van der Waals surface area (Å²) in [6, 6.07) is 24.1. The van der Waals surface area contributed by atoms with E-state index >= 15 is 0 Å². The van der Waals surface area contributed by atoms with Crippen LogP contribution in [0.25, 0.3) is 11.1 Å². The zero-order valence-corrected chi connectivity index (χ0v) is 18.0. The molecule has 31 heavy (non-hydrogen) atoms. The van der Waals surface area contributed by atoms with Gasteiger partial charge in [0.1, 0.15) is 0 Å². The van der Waals surface area contributed by atoms with Crippen LogP contribution in [0.5, 0.6) is 11.5 Å². The van der Waals surface area contributed by atoms with Crippen LogP contribution in [0.1, 0.15) is 23.2 Å². The standard InChI is InChI=1S/C26H28N2O3/c1-30-24-15-14-22(17-25(24)31-2)27-23-9-6-16-28(18-23)26(29)21-12-10-20(11-13-21)19-7-4-3-5-8-19/h3-5,7-8,10-15,17,23,27H,6,9,16,18H2,1-2H3. The van der Waals surface area contributed by atoms with E-state index in [4.69, 9.17) is 9.47 Å². The third-order valence-corrected chi connectivity index (χ3v) is 5.70. The Hall–Kier alpha value is -3.47. The first-order valence-electron chi connectivity index (χ1n) is 10.6. The van der Waals surface area contributed by atoms with Crippen LogP contribution in [0.2, 0.25) is 0 Å². The monoisotopic (exact) mass is 416 g/mol. The van der Waals surface area contributed by atoms with Gasteiger partial charge >= 0.3 is 0 Å². The minimum absolute atomic E-state index is 0.0819. The lowest BCUT2D eigenvalue weighted by molar-refractivity contribution is 0.0715. The van der Waals surface area contributed by atoms with Crippen molar-refractivity contribution in [3.8, 4) is 22.6 Å². The molecule has 1 fully saturated rings. The lowest BCUT2D eigenvalue weighted by Gasteiger charge is -2.34. The predicted octanol–water partition coefficient (Wildman–Crippen LogP) is 5.09. The van der Waals surface area contributed by atoms with E-state index in [-0.39, 0.29) is 11.9 Å². The molecule has 1 N–H and O–H groups in total. The lowest BCUT2D eigenvalue weighted by Crippen LogP contribution is -2.45. The Balaban J connectivity index is 1.42. The van der Waals surface area contributed by atoms with E-state index in [0.717, 1.165) is 41.8 Å². The van der Waals surface area contributed by atoms with Gasteiger partial charge in [-0.1, -0.05) is 42.5 Å². The number of methoxy groups -OCH3 is 2. The quantitative estimate of drug-likeness (QED) is 0.608. The van der Waals surface area contributed by atoms with Crippen molar-refractivity contribution in [2.45, 2.75) is 18.9 Å². The van der Waals surface area contributed by atoms with Crippen LogP contribution in [0.3, 0.4) is 0 Å². The second kappa shape index (κ2) is 9.56. The van der Waals surface area contributed by atoms with Crippen LogP contribution in [-0.4, -0.2) is 44.2 Å². The summed E-state index contributed by atoms with van der Waals surface area (Å²) in [4.78, 5) is 15.0. The molecule has 1 saturated heterocycles. The number of likely N-dealkylation sites (tertiary alicyclic amines) is 1. The summed E-state index contributed by atoms with van der Waals surface area (Å²) >= 11 is 0. The number of anilines is 1. The molecule has 0 bridgehead atoms. The van der Waals surface area contributed by atoms with Crippen molar-refractivity contribution < 1.29 is 14.3 Å². The largest absolute Gasteiger partial charge is 0.493 e. The molecule has 0 radical (unpaired) electrons. The van der Waals surface area contributed by atoms with Crippen LogP contribution in [0.4, 0.5) is 5.69 Å². The van der Waals surface area contributed by atoms with Gasteiger partial charge in [0.25, 0.3) is 5.91 Å². The van der Waals surface area contributed by atoms with E-state index in [1.165, 1.54) is 0 Å². The molecule has 1 unspecified atom stereocenters. The maximum atomic E-state index is 13.1. The zero-order valence-electron chi connectivity index (χ0n) is 18.0. The van der Waals surface area contributed by atoms with E-state index in [1.807, 2.05) is 65.6 Å². The van der Waals surface area contributed by atoms with Gasteiger partial charge in [0, 0.05) is 36.4 Å². The molecule has 0 aliphatic carbocycles. The van der Waals surface area contributed by atoms with Gasteiger partial charge in [0.05, 0.1) is 14.2 Å². The van der Waals surface area contributed by atoms with Crippen molar-refractivity contribution >= 4 is 11.6 Å². The van der Waals surface area contributed by atoms with Crippen molar-refractivity contribution in [3.05, 3.63) is 78.4 Å². The van der Waals surface area contributed by atoms with Crippen molar-refractivity contribution in [1.29, 1.82) is 0 Å². The first-order chi connectivity index (χ1) is 15.2. The van der Waals surface area contributed by atoms with E-state index in [1.54, 1.807) is 14.2 Å². The Bertz CT molecular complexity index is 1020. The fourth-order valence-electron chi connectivity index (χ4n) is 4.06. The summed E-state index contributed by atoms with van der Waals surface area (Å²) in [5, 5.41) is 3.54. The zero-order chi connectivity index (χ0) is 21.6. The first-order valence-corrected chi connectivity index (χ1v) is 10.6. The number of benzene rings is 3. The SMILES string of the molecule is COc1ccc(NC2CCCN(C(=O)c3ccc(-c4ccccc4)cc3)C2)cc1OC. The van der Waals surface area contributed by atoms with Crippen LogP contribution in [0.15, 0.2) is 72.8 Å². The van der Waals surface area contributed by atoms with Gasteiger partial charge in [-0.15, -0.1) is 0 Å². The fraction of sp³-hybridized carbons (Fsp3) is 0.269. The number of hydrogen-bond acceptors (Lipinski definition) is 4. The Morgan fingerprint density at radius 1 is 0.903 bits per heavy atom. The number of nitrogens with one attached hydrogen (secondary N) is 1. The summed E-state index contributed by atoms with van der Waals surface area (Å²) in [5.41, 5.74) is 3.96. The number of carbonyl (C=O) groups excluding carboxylic acids is 1. The summed E-state index contributed by atoms with van der Waals surface area (Å²) in [7, 11) is 3.26. The number of piperidine rings is 1. The molecular formula is C26H28N2O3. The van der Waals surface area contributed by atoms with Gasteiger partial charge in [0.2, 0.25) is 0 Å². The van der Waals surface area contributed by atoms with Crippen molar-refractivity contribution in [3.63, 3.8) is 0 Å². The molecular weight excluding hydrogens is 388 g/mol. The maximum absolute atomic E-state index is 13.1.